The molecule has 0 N–H and O–H groups in total. The second-order valence-electron chi connectivity index (χ2n) is 9.92. The zero-order valence-corrected chi connectivity index (χ0v) is 22.4. The number of rotatable bonds is 9. The van der Waals surface area contributed by atoms with Crippen molar-refractivity contribution < 1.29 is 18.7 Å². The van der Waals surface area contributed by atoms with Crippen LogP contribution in [0.5, 0.6) is 11.5 Å². The maximum absolute atomic E-state index is 13.9. The summed E-state index contributed by atoms with van der Waals surface area (Å²) in [4.78, 5) is 29.4. The number of methoxy groups -OCH3 is 1. The number of amides is 1. The molecule has 38 heavy (non-hydrogen) atoms. The number of hydrogen-bond acceptors (Lipinski definition) is 5. The fourth-order valence-corrected chi connectivity index (χ4v) is 5.33. The lowest BCUT2D eigenvalue weighted by atomic mass is 9.96. The molecule has 0 fully saturated rings. The predicted molar refractivity (Wildman–Crippen MR) is 148 cm³/mol. The first kappa shape index (κ1) is 25.6. The molecule has 5 rings (SSSR count). The van der Waals surface area contributed by atoms with Gasteiger partial charge in [-0.1, -0.05) is 62.2 Å². The highest BCUT2D eigenvalue weighted by Gasteiger charge is 2.42. The fourth-order valence-electron chi connectivity index (χ4n) is 5.33. The molecule has 1 aliphatic heterocycles. The highest BCUT2D eigenvalue weighted by atomic mass is 16.5. The van der Waals surface area contributed by atoms with E-state index in [9.17, 15) is 9.59 Å². The number of fused-ring (bicyclic) bond motifs is 2. The van der Waals surface area contributed by atoms with Crippen molar-refractivity contribution in [3.05, 3.63) is 104 Å². The monoisotopic (exact) mass is 511 g/mol. The van der Waals surface area contributed by atoms with Gasteiger partial charge >= 0.3 is 0 Å². The van der Waals surface area contributed by atoms with Crippen molar-refractivity contribution >= 4 is 16.9 Å². The van der Waals surface area contributed by atoms with Gasteiger partial charge in [0.1, 0.15) is 12.2 Å². The Kier molecular flexibility index (Phi) is 7.23. The standard InChI is InChI=1S/C32H33NO5/c1-5-6-10-15-33-29(23-13-14-24(25(18-23)36-4)37-19-22-11-8-7-9-12-22)28-30(34)27-21(3)16-20(2)17-26(27)38-31(28)32(33)35/h7-9,11-14,16-18,29H,5-6,10,15,19H2,1-4H3. The summed E-state index contributed by atoms with van der Waals surface area (Å²) in [5.41, 5.74) is 4.35. The van der Waals surface area contributed by atoms with Crippen LogP contribution in [0.25, 0.3) is 11.0 Å². The van der Waals surface area contributed by atoms with Gasteiger partial charge < -0.3 is 18.8 Å². The second kappa shape index (κ2) is 10.7. The summed E-state index contributed by atoms with van der Waals surface area (Å²) in [6.45, 7) is 6.92. The Bertz CT molecular complexity index is 1540. The molecule has 0 aliphatic carbocycles. The zero-order chi connectivity index (χ0) is 26.8. The van der Waals surface area contributed by atoms with Crippen molar-refractivity contribution in [1.82, 2.24) is 4.90 Å². The van der Waals surface area contributed by atoms with Crippen LogP contribution in [0.3, 0.4) is 0 Å². The van der Waals surface area contributed by atoms with Crippen molar-refractivity contribution in [3.8, 4) is 11.5 Å². The van der Waals surface area contributed by atoms with E-state index in [0.717, 1.165) is 41.5 Å². The number of carbonyl (C=O) groups excluding carboxylic acids is 1. The van der Waals surface area contributed by atoms with E-state index >= 15 is 0 Å². The minimum atomic E-state index is -0.562. The smallest absolute Gasteiger partial charge is 0.290 e. The molecule has 196 valence electrons. The Balaban J connectivity index is 1.59. The number of hydrogen-bond donors (Lipinski definition) is 0. The number of aryl methyl sites for hydroxylation is 2. The van der Waals surface area contributed by atoms with E-state index in [1.54, 1.807) is 12.0 Å². The third-order valence-electron chi connectivity index (χ3n) is 7.16. The van der Waals surface area contributed by atoms with Gasteiger partial charge in [-0.05, 0) is 60.7 Å². The minimum Gasteiger partial charge on any atom is -0.493 e. The van der Waals surface area contributed by atoms with E-state index in [4.69, 9.17) is 13.9 Å². The SMILES string of the molecule is CCCCCN1C(=O)c2oc3cc(C)cc(C)c3c(=O)c2C1c1ccc(OCc2ccccc2)c(OC)c1. The molecule has 0 radical (unpaired) electrons. The molecule has 1 aliphatic rings. The molecule has 0 spiro atoms. The molecule has 1 amide bonds. The van der Waals surface area contributed by atoms with Gasteiger partial charge in [-0.25, -0.2) is 0 Å². The van der Waals surface area contributed by atoms with Gasteiger partial charge in [0, 0.05) is 6.54 Å². The number of unbranched alkanes of at least 4 members (excludes halogenated alkanes) is 2. The number of ether oxygens (including phenoxy) is 2. The molecule has 1 unspecified atom stereocenters. The molecule has 6 heteroatoms. The van der Waals surface area contributed by atoms with Crippen molar-refractivity contribution in [2.24, 2.45) is 0 Å². The van der Waals surface area contributed by atoms with Crippen LogP contribution in [-0.4, -0.2) is 24.5 Å². The summed E-state index contributed by atoms with van der Waals surface area (Å²) in [7, 11) is 1.59. The van der Waals surface area contributed by atoms with Crippen molar-refractivity contribution in [3.63, 3.8) is 0 Å². The summed E-state index contributed by atoms with van der Waals surface area (Å²) < 4.78 is 17.9. The Morgan fingerprint density at radius 3 is 2.47 bits per heavy atom. The lowest BCUT2D eigenvalue weighted by molar-refractivity contribution is 0.0724. The van der Waals surface area contributed by atoms with Crippen molar-refractivity contribution in [2.75, 3.05) is 13.7 Å². The van der Waals surface area contributed by atoms with E-state index in [1.807, 2.05) is 74.5 Å². The predicted octanol–water partition coefficient (Wildman–Crippen LogP) is 6.73. The summed E-state index contributed by atoms with van der Waals surface area (Å²) in [5.74, 6) is 1.03. The molecule has 0 saturated carbocycles. The molecular weight excluding hydrogens is 478 g/mol. The molecule has 2 heterocycles. The Morgan fingerprint density at radius 2 is 1.74 bits per heavy atom. The minimum absolute atomic E-state index is 0.136. The topological polar surface area (TPSA) is 69.0 Å². The average molecular weight is 512 g/mol. The highest BCUT2D eigenvalue weighted by molar-refractivity contribution is 5.99. The number of benzene rings is 3. The second-order valence-corrected chi connectivity index (χ2v) is 9.92. The van der Waals surface area contributed by atoms with Crippen LogP contribution in [0.2, 0.25) is 0 Å². The molecule has 0 saturated heterocycles. The lowest BCUT2D eigenvalue weighted by Gasteiger charge is -2.26. The van der Waals surface area contributed by atoms with Crippen LogP contribution in [0.1, 0.15) is 70.6 Å². The van der Waals surface area contributed by atoms with E-state index in [0.29, 0.717) is 41.2 Å². The Labute approximate surface area is 222 Å². The van der Waals surface area contributed by atoms with Crippen LogP contribution in [0.4, 0.5) is 0 Å². The van der Waals surface area contributed by atoms with E-state index < -0.39 is 6.04 Å². The number of carbonyl (C=O) groups is 1. The van der Waals surface area contributed by atoms with Crippen molar-refractivity contribution in [1.29, 1.82) is 0 Å². The molecular formula is C32H33NO5. The van der Waals surface area contributed by atoms with Gasteiger partial charge in [0.05, 0.1) is 24.1 Å². The lowest BCUT2D eigenvalue weighted by Crippen LogP contribution is -2.30. The first-order valence-electron chi connectivity index (χ1n) is 13.2. The third kappa shape index (κ3) is 4.67. The Morgan fingerprint density at radius 1 is 0.947 bits per heavy atom. The van der Waals surface area contributed by atoms with Crippen molar-refractivity contribution in [2.45, 2.75) is 52.7 Å². The van der Waals surface area contributed by atoms with Gasteiger partial charge in [0.15, 0.2) is 16.9 Å². The van der Waals surface area contributed by atoms with Gasteiger partial charge in [0.25, 0.3) is 5.91 Å². The maximum atomic E-state index is 13.9. The van der Waals surface area contributed by atoms with E-state index in [1.165, 1.54) is 0 Å². The first-order chi connectivity index (χ1) is 18.4. The van der Waals surface area contributed by atoms with Crippen LogP contribution in [-0.2, 0) is 6.61 Å². The van der Waals surface area contributed by atoms with Gasteiger partial charge in [-0.2, -0.15) is 0 Å². The number of nitrogens with zero attached hydrogens (tertiary/aromatic N) is 1. The van der Waals surface area contributed by atoms with Gasteiger partial charge in [-0.3, -0.25) is 9.59 Å². The summed E-state index contributed by atoms with van der Waals surface area (Å²) >= 11 is 0. The normalized spacial score (nSPS) is 14.7. The molecule has 1 aromatic heterocycles. The summed E-state index contributed by atoms with van der Waals surface area (Å²) in [6.07, 6.45) is 2.86. The fraction of sp³-hybridized carbons (Fsp3) is 0.312. The van der Waals surface area contributed by atoms with Crippen LogP contribution >= 0.6 is 0 Å². The highest BCUT2D eigenvalue weighted by Crippen LogP contribution is 2.41. The summed E-state index contributed by atoms with van der Waals surface area (Å²) in [6, 6.07) is 18.8. The zero-order valence-electron chi connectivity index (χ0n) is 22.4. The molecule has 4 aromatic rings. The molecule has 1 atom stereocenters. The van der Waals surface area contributed by atoms with Gasteiger partial charge in [0.2, 0.25) is 5.76 Å². The van der Waals surface area contributed by atoms with Crippen LogP contribution in [0.15, 0.2) is 69.9 Å². The molecule has 3 aromatic carbocycles. The third-order valence-corrected chi connectivity index (χ3v) is 7.16. The first-order valence-corrected chi connectivity index (χ1v) is 13.2. The van der Waals surface area contributed by atoms with Gasteiger partial charge in [-0.15, -0.1) is 0 Å². The quantitative estimate of drug-likeness (QED) is 0.233. The largest absolute Gasteiger partial charge is 0.493 e. The maximum Gasteiger partial charge on any atom is 0.290 e. The Hall–Kier alpha value is -4.06. The van der Waals surface area contributed by atoms with E-state index in [2.05, 4.69) is 6.92 Å². The summed E-state index contributed by atoms with van der Waals surface area (Å²) in [5, 5.41) is 0.525. The van der Waals surface area contributed by atoms with Crippen LogP contribution in [0, 0.1) is 13.8 Å². The molecule has 0 bridgehead atoms. The average Bonchev–Trinajstić information content (AvgIpc) is 3.19. The molecule has 6 nitrogen and oxygen atoms in total. The van der Waals surface area contributed by atoms with E-state index in [-0.39, 0.29) is 17.1 Å². The van der Waals surface area contributed by atoms with Crippen LogP contribution < -0.4 is 14.9 Å².